The molecule has 2 rings (SSSR count). The van der Waals surface area contributed by atoms with Crippen molar-refractivity contribution in [3.8, 4) is 0 Å². The molecular formula is C11H22N2O2S. The van der Waals surface area contributed by atoms with E-state index < -0.39 is 9.84 Å². The summed E-state index contributed by atoms with van der Waals surface area (Å²) in [6, 6.07) is 0. The molecule has 4 nitrogen and oxygen atoms in total. The fourth-order valence-corrected chi connectivity index (χ4v) is 3.65. The Morgan fingerprint density at radius 2 is 1.88 bits per heavy atom. The van der Waals surface area contributed by atoms with E-state index in [4.69, 9.17) is 0 Å². The Bertz CT molecular complexity index is 317. The second-order valence-electron chi connectivity index (χ2n) is 5.03. The molecule has 0 radical (unpaired) electrons. The molecule has 2 aliphatic rings. The summed E-state index contributed by atoms with van der Waals surface area (Å²) in [6.07, 6.45) is 0.795. The van der Waals surface area contributed by atoms with E-state index in [0.29, 0.717) is 5.75 Å². The Morgan fingerprint density at radius 1 is 1.25 bits per heavy atom. The summed E-state index contributed by atoms with van der Waals surface area (Å²) < 4.78 is 22.7. The number of nitrogens with zero attached hydrogens (tertiary/aromatic N) is 1. The third-order valence-corrected chi connectivity index (χ3v) is 5.62. The number of sulfone groups is 1. The SMILES string of the molecule is CCS(=O)(=O)CCCN1CC2CNCC2C1. The molecule has 2 heterocycles. The fourth-order valence-electron chi connectivity index (χ4n) is 2.79. The van der Waals surface area contributed by atoms with Crippen LogP contribution in [0.1, 0.15) is 13.3 Å². The first-order chi connectivity index (χ1) is 7.61. The third kappa shape index (κ3) is 2.96. The molecule has 1 N–H and O–H groups in total. The highest BCUT2D eigenvalue weighted by molar-refractivity contribution is 7.91. The van der Waals surface area contributed by atoms with E-state index in [1.54, 1.807) is 6.92 Å². The van der Waals surface area contributed by atoms with Crippen LogP contribution in [0.5, 0.6) is 0 Å². The highest BCUT2D eigenvalue weighted by Crippen LogP contribution is 2.26. The molecule has 16 heavy (non-hydrogen) atoms. The van der Waals surface area contributed by atoms with Gasteiger partial charge in [0.15, 0.2) is 0 Å². The zero-order valence-electron chi connectivity index (χ0n) is 9.98. The Morgan fingerprint density at radius 3 is 2.44 bits per heavy atom. The Balaban J connectivity index is 1.68. The summed E-state index contributed by atoms with van der Waals surface area (Å²) in [6.45, 7) is 7.28. The summed E-state index contributed by atoms with van der Waals surface area (Å²) in [5.41, 5.74) is 0. The van der Waals surface area contributed by atoms with E-state index >= 15 is 0 Å². The van der Waals surface area contributed by atoms with Gasteiger partial charge in [0.25, 0.3) is 0 Å². The third-order valence-electron chi connectivity index (χ3n) is 3.83. The molecule has 2 saturated heterocycles. The first-order valence-corrected chi connectivity index (χ1v) is 8.06. The van der Waals surface area contributed by atoms with E-state index in [2.05, 4.69) is 10.2 Å². The standard InChI is InChI=1S/C11H22N2O2S/c1-2-16(14,15)5-3-4-13-8-10-6-12-7-11(10)9-13/h10-12H,2-9H2,1H3. The molecule has 0 aromatic rings. The predicted octanol–water partition coefficient (Wildman–Crippen LogP) is -0.0376. The van der Waals surface area contributed by atoms with Crippen molar-refractivity contribution in [3.05, 3.63) is 0 Å². The molecule has 2 fully saturated rings. The number of rotatable bonds is 5. The smallest absolute Gasteiger partial charge is 0.150 e. The molecule has 0 bridgehead atoms. The van der Waals surface area contributed by atoms with Gasteiger partial charge in [0.2, 0.25) is 0 Å². The van der Waals surface area contributed by atoms with E-state index in [1.165, 1.54) is 0 Å². The minimum Gasteiger partial charge on any atom is -0.316 e. The van der Waals surface area contributed by atoms with Crippen LogP contribution in [0.25, 0.3) is 0 Å². The zero-order chi connectivity index (χ0) is 11.6. The van der Waals surface area contributed by atoms with Crippen molar-refractivity contribution in [2.45, 2.75) is 13.3 Å². The maximum Gasteiger partial charge on any atom is 0.150 e. The number of hydrogen-bond donors (Lipinski definition) is 1. The lowest BCUT2D eigenvalue weighted by Gasteiger charge is -2.16. The molecule has 2 atom stereocenters. The van der Waals surface area contributed by atoms with Crippen molar-refractivity contribution in [1.82, 2.24) is 10.2 Å². The van der Waals surface area contributed by atoms with Crippen molar-refractivity contribution < 1.29 is 8.42 Å². The molecular weight excluding hydrogens is 224 g/mol. The Labute approximate surface area is 98.3 Å². The van der Waals surface area contributed by atoms with Gasteiger partial charge in [0, 0.05) is 18.8 Å². The van der Waals surface area contributed by atoms with Crippen LogP contribution in [0.3, 0.4) is 0 Å². The second-order valence-corrected chi connectivity index (χ2v) is 7.50. The van der Waals surface area contributed by atoms with Gasteiger partial charge in [-0.1, -0.05) is 6.92 Å². The van der Waals surface area contributed by atoms with Gasteiger partial charge in [-0.3, -0.25) is 0 Å². The molecule has 5 heteroatoms. The molecule has 0 saturated carbocycles. The van der Waals surface area contributed by atoms with Crippen molar-refractivity contribution in [1.29, 1.82) is 0 Å². The van der Waals surface area contributed by atoms with Crippen molar-refractivity contribution in [3.63, 3.8) is 0 Å². The molecule has 2 aliphatic heterocycles. The van der Waals surface area contributed by atoms with Gasteiger partial charge in [-0.25, -0.2) is 8.42 Å². The summed E-state index contributed by atoms with van der Waals surface area (Å²) in [7, 11) is -2.77. The lowest BCUT2D eigenvalue weighted by atomic mass is 10.0. The molecule has 2 unspecified atom stereocenters. The first-order valence-electron chi connectivity index (χ1n) is 6.24. The zero-order valence-corrected chi connectivity index (χ0v) is 10.8. The largest absolute Gasteiger partial charge is 0.316 e. The Hall–Kier alpha value is -0.130. The van der Waals surface area contributed by atoms with Gasteiger partial charge in [0.1, 0.15) is 9.84 Å². The van der Waals surface area contributed by atoms with Crippen molar-refractivity contribution >= 4 is 9.84 Å². The number of hydrogen-bond acceptors (Lipinski definition) is 4. The number of nitrogens with one attached hydrogen (secondary N) is 1. The second kappa shape index (κ2) is 5.02. The van der Waals surface area contributed by atoms with Gasteiger partial charge < -0.3 is 10.2 Å². The minimum absolute atomic E-state index is 0.280. The Kier molecular flexibility index (Phi) is 3.87. The number of fused-ring (bicyclic) bond motifs is 1. The maximum absolute atomic E-state index is 11.3. The summed E-state index contributed by atoms with van der Waals surface area (Å²) >= 11 is 0. The lowest BCUT2D eigenvalue weighted by molar-refractivity contribution is 0.314. The normalized spacial score (nSPS) is 30.8. The lowest BCUT2D eigenvalue weighted by Crippen LogP contribution is -2.28. The molecule has 94 valence electrons. The van der Waals surface area contributed by atoms with Gasteiger partial charge >= 0.3 is 0 Å². The van der Waals surface area contributed by atoms with Crippen LogP contribution < -0.4 is 5.32 Å². The van der Waals surface area contributed by atoms with Crippen molar-refractivity contribution in [2.24, 2.45) is 11.8 Å². The quantitative estimate of drug-likeness (QED) is 0.740. The van der Waals surface area contributed by atoms with Crippen molar-refractivity contribution in [2.75, 3.05) is 44.2 Å². The van der Waals surface area contributed by atoms with Gasteiger partial charge in [-0.05, 0) is 37.9 Å². The van der Waals surface area contributed by atoms with Crippen LogP contribution >= 0.6 is 0 Å². The predicted molar refractivity (Wildman–Crippen MR) is 65.2 cm³/mol. The number of likely N-dealkylation sites (tertiary alicyclic amines) is 1. The topological polar surface area (TPSA) is 49.4 Å². The van der Waals surface area contributed by atoms with Crippen LogP contribution in [0.4, 0.5) is 0 Å². The molecule has 0 spiro atoms. The highest BCUT2D eigenvalue weighted by Gasteiger charge is 2.35. The highest BCUT2D eigenvalue weighted by atomic mass is 32.2. The van der Waals surface area contributed by atoms with Crippen LogP contribution in [-0.2, 0) is 9.84 Å². The van der Waals surface area contributed by atoms with Gasteiger partial charge in [0.05, 0.1) is 5.75 Å². The summed E-state index contributed by atoms with van der Waals surface area (Å²) in [4.78, 5) is 2.43. The van der Waals surface area contributed by atoms with Gasteiger partial charge in [-0.15, -0.1) is 0 Å². The van der Waals surface area contributed by atoms with Gasteiger partial charge in [-0.2, -0.15) is 0 Å². The van der Waals surface area contributed by atoms with E-state index in [9.17, 15) is 8.42 Å². The molecule has 0 amide bonds. The fraction of sp³-hybridized carbons (Fsp3) is 1.00. The van der Waals surface area contributed by atoms with Crippen LogP contribution in [-0.4, -0.2) is 57.5 Å². The monoisotopic (exact) mass is 246 g/mol. The average Bonchev–Trinajstić information content (AvgIpc) is 2.77. The first kappa shape index (κ1) is 12.3. The molecule has 0 aromatic carbocycles. The van der Waals surface area contributed by atoms with Crippen LogP contribution in [0.2, 0.25) is 0 Å². The summed E-state index contributed by atoms with van der Waals surface area (Å²) in [5.74, 6) is 2.25. The van der Waals surface area contributed by atoms with E-state index in [1.807, 2.05) is 0 Å². The van der Waals surface area contributed by atoms with E-state index in [0.717, 1.165) is 51.0 Å². The molecule has 0 aliphatic carbocycles. The maximum atomic E-state index is 11.3. The van der Waals surface area contributed by atoms with Crippen LogP contribution in [0.15, 0.2) is 0 Å². The van der Waals surface area contributed by atoms with E-state index in [-0.39, 0.29) is 5.75 Å². The van der Waals surface area contributed by atoms with Crippen LogP contribution in [0, 0.1) is 11.8 Å². The molecule has 0 aromatic heterocycles. The summed E-state index contributed by atoms with van der Waals surface area (Å²) in [5, 5.41) is 3.41. The average molecular weight is 246 g/mol. The minimum atomic E-state index is -2.77.